The molecule has 0 aliphatic carbocycles. The van der Waals surface area contributed by atoms with Gasteiger partial charge < -0.3 is 0 Å². The molecule has 1 fully saturated rings. The quantitative estimate of drug-likeness (QED) is 0.722. The Morgan fingerprint density at radius 3 is 2.79 bits per heavy atom. The summed E-state index contributed by atoms with van der Waals surface area (Å²) in [4.78, 5) is 2.50. The summed E-state index contributed by atoms with van der Waals surface area (Å²) in [6.07, 6.45) is 4.07. The minimum atomic E-state index is 0.722. The molecular formula is C12H15ClN. The first-order chi connectivity index (χ1) is 6.84. The topological polar surface area (TPSA) is 3.24 Å². The predicted molar refractivity (Wildman–Crippen MR) is 59.4 cm³/mol. The minimum absolute atomic E-state index is 0.722. The van der Waals surface area contributed by atoms with Crippen LogP contribution in [0.15, 0.2) is 18.2 Å². The van der Waals surface area contributed by atoms with E-state index >= 15 is 0 Å². The molecule has 0 amide bonds. The molecule has 0 atom stereocenters. The normalized spacial score (nSPS) is 18.4. The summed E-state index contributed by atoms with van der Waals surface area (Å²) >= 11 is 5.89. The van der Waals surface area contributed by atoms with E-state index in [-0.39, 0.29) is 0 Å². The van der Waals surface area contributed by atoms with Gasteiger partial charge in [0.25, 0.3) is 0 Å². The molecule has 0 unspecified atom stereocenters. The lowest BCUT2D eigenvalue weighted by Gasteiger charge is -2.26. The largest absolute Gasteiger partial charge is 0.299 e. The lowest BCUT2D eigenvalue weighted by atomic mass is 10.1. The summed E-state index contributed by atoms with van der Waals surface area (Å²) in [5.41, 5.74) is 1.30. The van der Waals surface area contributed by atoms with E-state index in [0.29, 0.717) is 0 Å². The van der Waals surface area contributed by atoms with E-state index in [1.165, 1.54) is 37.9 Å². The third-order valence-corrected chi connectivity index (χ3v) is 2.90. The zero-order valence-electron chi connectivity index (χ0n) is 8.30. The molecular weight excluding hydrogens is 194 g/mol. The molecule has 2 heteroatoms. The molecule has 1 saturated heterocycles. The van der Waals surface area contributed by atoms with Crippen molar-refractivity contribution in [3.05, 3.63) is 34.9 Å². The molecule has 75 valence electrons. The molecule has 1 aromatic carbocycles. The highest BCUT2D eigenvalue weighted by atomic mass is 35.5. The van der Waals surface area contributed by atoms with E-state index in [1.807, 2.05) is 12.1 Å². The van der Waals surface area contributed by atoms with Crippen LogP contribution in [-0.4, -0.2) is 18.0 Å². The van der Waals surface area contributed by atoms with Gasteiger partial charge in [-0.2, -0.15) is 0 Å². The lowest BCUT2D eigenvalue weighted by molar-refractivity contribution is 0.221. The van der Waals surface area contributed by atoms with Gasteiger partial charge in [-0.05, 0) is 37.6 Å². The van der Waals surface area contributed by atoms with E-state index in [4.69, 9.17) is 11.6 Å². The van der Waals surface area contributed by atoms with Gasteiger partial charge in [0.1, 0.15) is 0 Å². The zero-order chi connectivity index (χ0) is 9.80. The van der Waals surface area contributed by atoms with E-state index in [9.17, 15) is 0 Å². The van der Waals surface area contributed by atoms with Gasteiger partial charge in [0.2, 0.25) is 0 Å². The molecule has 1 nitrogen and oxygen atoms in total. The van der Waals surface area contributed by atoms with Crippen molar-refractivity contribution < 1.29 is 0 Å². The lowest BCUT2D eigenvalue weighted by Crippen LogP contribution is -2.29. The molecule has 1 radical (unpaired) electrons. The van der Waals surface area contributed by atoms with Crippen molar-refractivity contribution in [3.8, 4) is 0 Å². The molecule has 0 spiro atoms. The standard InChI is InChI=1S/C12H15ClN/c13-12-6-4-5-11(9-12)10-14-7-2-1-3-8-14/h4-5,9H,1-3,7-8,10H2. The Morgan fingerprint density at radius 1 is 1.29 bits per heavy atom. The van der Waals surface area contributed by atoms with Crippen LogP contribution in [0.2, 0.25) is 5.02 Å². The maximum atomic E-state index is 5.89. The summed E-state index contributed by atoms with van der Waals surface area (Å²) in [7, 11) is 0. The fraction of sp³-hybridized carbons (Fsp3) is 0.500. The maximum Gasteiger partial charge on any atom is 0.0488 e. The first-order valence-corrected chi connectivity index (χ1v) is 5.61. The van der Waals surface area contributed by atoms with Crippen molar-refractivity contribution in [2.75, 3.05) is 13.1 Å². The van der Waals surface area contributed by atoms with Crippen LogP contribution in [0.1, 0.15) is 24.8 Å². The van der Waals surface area contributed by atoms with Crippen LogP contribution in [0, 0.1) is 6.07 Å². The van der Waals surface area contributed by atoms with Gasteiger partial charge in [-0.15, -0.1) is 0 Å². The van der Waals surface area contributed by atoms with Crippen LogP contribution in [0.4, 0.5) is 0 Å². The smallest absolute Gasteiger partial charge is 0.0488 e. The maximum absolute atomic E-state index is 5.89. The number of piperidine rings is 1. The van der Waals surface area contributed by atoms with Gasteiger partial charge >= 0.3 is 0 Å². The Hall–Kier alpha value is -0.530. The van der Waals surface area contributed by atoms with E-state index in [2.05, 4.69) is 17.0 Å². The number of halogens is 1. The molecule has 1 aliphatic heterocycles. The summed E-state index contributed by atoms with van der Waals surface area (Å²) in [6, 6.07) is 8.97. The molecule has 1 aromatic rings. The van der Waals surface area contributed by atoms with Crippen molar-refractivity contribution in [2.45, 2.75) is 25.8 Å². The van der Waals surface area contributed by atoms with Gasteiger partial charge in [0.15, 0.2) is 0 Å². The van der Waals surface area contributed by atoms with Crippen molar-refractivity contribution in [1.29, 1.82) is 0 Å². The second-order valence-corrected chi connectivity index (χ2v) is 4.29. The van der Waals surface area contributed by atoms with Gasteiger partial charge in [-0.3, -0.25) is 4.90 Å². The Kier molecular flexibility index (Phi) is 3.44. The second-order valence-electron chi connectivity index (χ2n) is 3.88. The monoisotopic (exact) mass is 208 g/mol. The molecule has 1 aliphatic rings. The molecule has 0 aromatic heterocycles. The average Bonchev–Trinajstić information content (AvgIpc) is 2.19. The van der Waals surface area contributed by atoms with Gasteiger partial charge in [0, 0.05) is 17.6 Å². The van der Waals surface area contributed by atoms with Crippen LogP contribution in [0.25, 0.3) is 0 Å². The minimum Gasteiger partial charge on any atom is -0.299 e. The number of hydrogen-bond donors (Lipinski definition) is 0. The molecule has 1 heterocycles. The average molecular weight is 209 g/mol. The SMILES string of the molecule is Clc1[c]ccc(CN2CCCCC2)c1. The first kappa shape index (κ1) is 10.0. The first-order valence-electron chi connectivity index (χ1n) is 5.23. The number of benzene rings is 1. The van der Waals surface area contributed by atoms with E-state index in [1.54, 1.807) is 0 Å². The molecule has 2 rings (SSSR count). The number of nitrogens with zero attached hydrogens (tertiary/aromatic N) is 1. The third-order valence-electron chi connectivity index (χ3n) is 2.69. The van der Waals surface area contributed by atoms with E-state index < -0.39 is 0 Å². The van der Waals surface area contributed by atoms with Crippen LogP contribution in [-0.2, 0) is 6.54 Å². The van der Waals surface area contributed by atoms with E-state index in [0.717, 1.165) is 11.6 Å². The summed E-state index contributed by atoms with van der Waals surface area (Å²) < 4.78 is 0. The van der Waals surface area contributed by atoms with Gasteiger partial charge in [-0.1, -0.05) is 30.2 Å². The molecule has 0 N–H and O–H groups in total. The van der Waals surface area contributed by atoms with Gasteiger partial charge in [-0.25, -0.2) is 0 Å². The fourth-order valence-electron chi connectivity index (χ4n) is 1.95. The van der Waals surface area contributed by atoms with Crippen LogP contribution >= 0.6 is 11.6 Å². The Labute approximate surface area is 90.7 Å². The highest BCUT2D eigenvalue weighted by Gasteiger charge is 2.09. The van der Waals surface area contributed by atoms with Crippen LogP contribution in [0.3, 0.4) is 0 Å². The number of hydrogen-bond acceptors (Lipinski definition) is 1. The molecule has 0 bridgehead atoms. The van der Waals surface area contributed by atoms with Crippen molar-refractivity contribution >= 4 is 11.6 Å². The van der Waals surface area contributed by atoms with Crippen molar-refractivity contribution in [3.63, 3.8) is 0 Å². The Balaban J connectivity index is 1.95. The summed E-state index contributed by atoms with van der Waals surface area (Å²) in [6.45, 7) is 3.50. The van der Waals surface area contributed by atoms with Crippen LogP contribution < -0.4 is 0 Å². The summed E-state index contributed by atoms with van der Waals surface area (Å²) in [5.74, 6) is 0. The highest BCUT2D eigenvalue weighted by molar-refractivity contribution is 6.30. The summed E-state index contributed by atoms with van der Waals surface area (Å²) in [5, 5.41) is 0.722. The highest BCUT2D eigenvalue weighted by Crippen LogP contribution is 2.15. The molecule has 0 saturated carbocycles. The second kappa shape index (κ2) is 4.81. The molecule has 14 heavy (non-hydrogen) atoms. The number of likely N-dealkylation sites (tertiary alicyclic amines) is 1. The number of rotatable bonds is 2. The van der Waals surface area contributed by atoms with Crippen LogP contribution in [0.5, 0.6) is 0 Å². The third kappa shape index (κ3) is 2.73. The van der Waals surface area contributed by atoms with Crippen molar-refractivity contribution in [1.82, 2.24) is 4.90 Å². The predicted octanol–water partition coefficient (Wildman–Crippen LogP) is 3.13. The fourth-order valence-corrected chi connectivity index (χ4v) is 2.16. The Morgan fingerprint density at radius 2 is 2.07 bits per heavy atom. The van der Waals surface area contributed by atoms with Gasteiger partial charge in [0.05, 0.1) is 0 Å². The van der Waals surface area contributed by atoms with Crippen molar-refractivity contribution in [2.24, 2.45) is 0 Å². The zero-order valence-corrected chi connectivity index (χ0v) is 9.06. The Bertz CT molecular complexity index is 292.